The maximum absolute atomic E-state index is 11.9. The number of rotatable bonds is 4. The van der Waals surface area contributed by atoms with Crippen LogP contribution in [0.2, 0.25) is 0 Å². The number of nitrogens with one attached hydrogen (secondary N) is 1. The smallest absolute Gasteiger partial charge is 0.340 e. The number of aromatic nitrogens is 1. The van der Waals surface area contributed by atoms with Gasteiger partial charge < -0.3 is 9.72 Å². The summed E-state index contributed by atoms with van der Waals surface area (Å²) in [7, 11) is 0. The lowest BCUT2D eigenvalue weighted by Gasteiger charge is -2.05. The molecule has 0 saturated heterocycles. The van der Waals surface area contributed by atoms with Gasteiger partial charge in [-0.2, -0.15) is 0 Å². The highest BCUT2D eigenvalue weighted by atomic mass is 16.6. The number of benzene rings is 1. The van der Waals surface area contributed by atoms with E-state index in [1.807, 2.05) is 6.92 Å². The Balaban J connectivity index is 2.44. The standard InChI is InChI=1S/C14H14N2O4/c1-3-20-14(17)12-8-15-9(2)13(12)10-4-6-11(7-5-10)16(18)19/h4-8,15H,3H2,1-2H3. The SMILES string of the molecule is CCOC(=O)c1c[nH]c(C)c1-c1ccc([N+](=O)[O-])cc1. The van der Waals surface area contributed by atoms with E-state index in [0.717, 1.165) is 11.3 Å². The summed E-state index contributed by atoms with van der Waals surface area (Å²) in [5.41, 5.74) is 2.69. The van der Waals surface area contributed by atoms with Gasteiger partial charge in [0, 0.05) is 29.6 Å². The van der Waals surface area contributed by atoms with Crippen molar-refractivity contribution in [2.75, 3.05) is 6.61 Å². The molecule has 0 aliphatic carbocycles. The molecule has 2 aromatic rings. The average Bonchev–Trinajstić information content (AvgIpc) is 2.81. The zero-order valence-electron chi connectivity index (χ0n) is 11.2. The number of non-ortho nitro benzene ring substituents is 1. The summed E-state index contributed by atoms with van der Waals surface area (Å²) in [5, 5.41) is 10.7. The fourth-order valence-electron chi connectivity index (χ4n) is 2.02. The number of hydrogen-bond donors (Lipinski definition) is 1. The van der Waals surface area contributed by atoms with Crippen LogP contribution in [0, 0.1) is 17.0 Å². The molecule has 0 aliphatic heterocycles. The van der Waals surface area contributed by atoms with E-state index >= 15 is 0 Å². The molecule has 0 radical (unpaired) electrons. The third-order valence-corrected chi connectivity index (χ3v) is 2.94. The Morgan fingerprint density at radius 3 is 2.55 bits per heavy atom. The van der Waals surface area contributed by atoms with Gasteiger partial charge in [-0.15, -0.1) is 0 Å². The van der Waals surface area contributed by atoms with E-state index in [0.29, 0.717) is 17.7 Å². The molecule has 1 aromatic heterocycles. The Hall–Kier alpha value is -2.63. The van der Waals surface area contributed by atoms with Crippen molar-refractivity contribution in [3.8, 4) is 11.1 Å². The minimum Gasteiger partial charge on any atom is -0.462 e. The van der Waals surface area contributed by atoms with E-state index in [1.165, 1.54) is 12.1 Å². The summed E-state index contributed by atoms with van der Waals surface area (Å²) in [4.78, 5) is 25.0. The van der Waals surface area contributed by atoms with Gasteiger partial charge in [0.05, 0.1) is 17.1 Å². The molecule has 0 atom stereocenters. The van der Waals surface area contributed by atoms with Crippen molar-refractivity contribution in [3.05, 3.63) is 51.8 Å². The van der Waals surface area contributed by atoms with Crippen LogP contribution < -0.4 is 0 Å². The number of hydrogen-bond acceptors (Lipinski definition) is 4. The number of nitrogens with zero attached hydrogens (tertiary/aromatic N) is 1. The van der Waals surface area contributed by atoms with Gasteiger partial charge >= 0.3 is 5.97 Å². The first-order valence-electron chi connectivity index (χ1n) is 6.14. The second kappa shape index (κ2) is 5.56. The van der Waals surface area contributed by atoms with E-state index in [1.54, 1.807) is 25.3 Å². The Labute approximate surface area is 115 Å². The van der Waals surface area contributed by atoms with Crippen LogP contribution in [0.15, 0.2) is 30.5 Å². The maximum atomic E-state index is 11.9. The molecule has 2 rings (SSSR count). The zero-order valence-corrected chi connectivity index (χ0v) is 11.2. The van der Waals surface area contributed by atoms with Crippen molar-refractivity contribution in [2.45, 2.75) is 13.8 Å². The normalized spacial score (nSPS) is 10.3. The third kappa shape index (κ3) is 2.54. The summed E-state index contributed by atoms with van der Waals surface area (Å²) in [6, 6.07) is 6.07. The highest BCUT2D eigenvalue weighted by Gasteiger charge is 2.18. The van der Waals surface area contributed by atoms with E-state index in [4.69, 9.17) is 4.74 Å². The van der Waals surface area contributed by atoms with Crippen molar-refractivity contribution < 1.29 is 14.5 Å². The van der Waals surface area contributed by atoms with Crippen LogP contribution >= 0.6 is 0 Å². The largest absolute Gasteiger partial charge is 0.462 e. The van der Waals surface area contributed by atoms with Crippen molar-refractivity contribution in [2.24, 2.45) is 0 Å². The molecule has 1 heterocycles. The predicted octanol–water partition coefficient (Wildman–Crippen LogP) is 3.08. The maximum Gasteiger partial charge on any atom is 0.340 e. The molecule has 104 valence electrons. The summed E-state index contributed by atoms with van der Waals surface area (Å²) >= 11 is 0. The minimum absolute atomic E-state index is 0.0135. The highest BCUT2D eigenvalue weighted by Crippen LogP contribution is 2.29. The van der Waals surface area contributed by atoms with Crippen LogP contribution in [-0.4, -0.2) is 22.5 Å². The van der Waals surface area contributed by atoms with Gasteiger partial charge in [0.1, 0.15) is 0 Å². The topological polar surface area (TPSA) is 85.2 Å². The quantitative estimate of drug-likeness (QED) is 0.527. The predicted molar refractivity (Wildman–Crippen MR) is 73.6 cm³/mol. The van der Waals surface area contributed by atoms with E-state index in [2.05, 4.69) is 4.98 Å². The molecule has 0 spiro atoms. The molecule has 1 N–H and O–H groups in total. The van der Waals surface area contributed by atoms with Gasteiger partial charge in [-0.05, 0) is 31.5 Å². The molecular weight excluding hydrogens is 260 g/mol. The lowest BCUT2D eigenvalue weighted by atomic mass is 10.0. The molecule has 0 aliphatic rings. The number of ether oxygens (including phenoxy) is 1. The average molecular weight is 274 g/mol. The number of H-pyrrole nitrogens is 1. The number of aryl methyl sites for hydroxylation is 1. The molecule has 0 saturated carbocycles. The van der Waals surface area contributed by atoms with Gasteiger partial charge in [-0.3, -0.25) is 10.1 Å². The molecule has 0 bridgehead atoms. The van der Waals surface area contributed by atoms with Crippen LogP contribution in [0.4, 0.5) is 5.69 Å². The van der Waals surface area contributed by atoms with E-state index in [-0.39, 0.29) is 5.69 Å². The Bertz CT molecular complexity index is 644. The first-order chi connectivity index (χ1) is 9.54. The summed E-state index contributed by atoms with van der Waals surface area (Å²) in [6.07, 6.45) is 1.59. The van der Waals surface area contributed by atoms with Crippen molar-refractivity contribution in [1.29, 1.82) is 0 Å². The van der Waals surface area contributed by atoms with Crippen LogP contribution in [0.3, 0.4) is 0 Å². The molecule has 0 amide bonds. The van der Waals surface area contributed by atoms with Crippen molar-refractivity contribution in [1.82, 2.24) is 4.98 Å². The molecule has 0 fully saturated rings. The monoisotopic (exact) mass is 274 g/mol. The van der Waals surface area contributed by atoms with E-state index in [9.17, 15) is 14.9 Å². The van der Waals surface area contributed by atoms with Gasteiger partial charge in [-0.25, -0.2) is 4.79 Å². The van der Waals surface area contributed by atoms with Crippen molar-refractivity contribution in [3.63, 3.8) is 0 Å². The summed E-state index contributed by atoms with van der Waals surface area (Å²) < 4.78 is 5.00. The minimum atomic E-state index is -0.458. The molecular formula is C14H14N2O4. The second-order valence-corrected chi connectivity index (χ2v) is 4.23. The Kier molecular flexibility index (Phi) is 3.84. The molecule has 6 nitrogen and oxygen atoms in total. The lowest BCUT2D eigenvalue weighted by molar-refractivity contribution is -0.384. The fourth-order valence-corrected chi connectivity index (χ4v) is 2.02. The highest BCUT2D eigenvalue weighted by molar-refractivity contribution is 5.98. The number of nitro groups is 1. The first-order valence-corrected chi connectivity index (χ1v) is 6.14. The van der Waals surface area contributed by atoms with Gasteiger partial charge in [0.2, 0.25) is 0 Å². The van der Waals surface area contributed by atoms with E-state index < -0.39 is 10.9 Å². The molecule has 20 heavy (non-hydrogen) atoms. The molecule has 6 heteroatoms. The van der Waals surface area contributed by atoms with Crippen LogP contribution in [0.1, 0.15) is 23.0 Å². The van der Waals surface area contributed by atoms with Gasteiger partial charge in [0.25, 0.3) is 5.69 Å². The summed E-state index contributed by atoms with van der Waals surface area (Å²) in [6.45, 7) is 3.87. The lowest BCUT2D eigenvalue weighted by Crippen LogP contribution is -2.04. The number of esters is 1. The molecule has 1 aromatic carbocycles. The van der Waals surface area contributed by atoms with Gasteiger partial charge in [0.15, 0.2) is 0 Å². The zero-order chi connectivity index (χ0) is 14.7. The third-order valence-electron chi connectivity index (χ3n) is 2.94. The molecule has 0 unspecified atom stereocenters. The second-order valence-electron chi connectivity index (χ2n) is 4.23. The van der Waals surface area contributed by atoms with Crippen molar-refractivity contribution >= 4 is 11.7 Å². The summed E-state index contributed by atoms with van der Waals surface area (Å²) in [5.74, 6) is -0.412. The first kappa shape index (κ1) is 13.8. The van der Waals surface area contributed by atoms with Crippen LogP contribution in [0.5, 0.6) is 0 Å². The number of aromatic amines is 1. The van der Waals surface area contributed by atoms with Crippen LogP contribution in [0.25, 0.3) is 11.1 Å². The fraction of sp³-hybridized carbons (Fsp3) is 0.214. The Morgan fingerprint density at radius 2 is 2.00 bits per heavy atom. The number of carbonyl (C=O) groups excluding carboxylic acids is 1. The number of carbonyl (C=O) groups is 1. The Morgan fingerprint density at radius 1 is 1.35 bits per heavy atom. The number of nitro benzene ring substituents is 1. The van der Waals surface area contributed by atoms with Gasteiger partial charge in [-0.1, -0.05) is 0 Å². The van der Waals surface area contributed by atoms with Crippen LogP contribution in [-0.2, 0) is 4.74 Å².